The van der Waals surface area contributed by atoms with Gasteiger partial charge in [0.25, 0.3) is 0 Å². The zero-order valence-corrected chi connectivity index (χ0v) is 21.1. The molecular weight excluding hydrogens is 460 g/mol. The number of H-pyrrole nitrogens is 1. The van der Waals surface area contributed by atoms with E-state index in [9.17, 15) is 5.21 Å². The van der Waals surface area contributed by atoms with Crippen LogP contribution in [0.15, 0.2) is 48.7 Å². The standard InChI is InChI=1S/C30H34N6O/c37-36-27-8-2-1-5-22-17-21(13-14-23(22)28(27)35-30(36)25-7-4-16-32-25)19-9-11-20(12-10-19)26-18-33-29(34-26)24-6-3-15-31-24/h9-14,17-18,24-25,31-32,37H,1-8,15-16H2,(H,33,34)/t24-,25-/m0/s1. The van der Waals surface area contributed by atoms with Gasteiger partial charge in [-0.05, 0) is 86.7 Å². The van der Waals surface area contributed by atoms with Gasteiger partial charge in [0.05, 0.1) is 35.4 Å². The van der Waals surface area contributed by atoms with E-state index in [0.717, 1.165) is 97.9 Å². The smallest absolute Gasteiger partial charge is 0.162 e. The predicted molar refractivity (Wildman–Crippen MR) is 144 cm³/mol. The van der Waals surface area contributed by atoms with Gasteiger partial charge < -0.3 is 20.8 Å². The van der Waals surface area contributed by atoms with Crippen LogP contribution in [-0.4, -0.2) is 38.0 Å². The van der Waals surface area contributed by atoms with E-state index < -0.39 is 0 Å². The highest BCUT2D eigenvalue weighted by molar-refractivity contribution is 5.75. The normalized spacial score (nSPS) is 21.4. The number of aryl methyl sites for hydroxylation is 1. The number of nitrogens with zero attached hydrogens (tertiary/aromatic N) is 3. The summed E-state index contributed by atoms with van der Waals surface area (Å²) in [6, 6.07) is 16.0. The van der Waals surface area contributed by atoms with Gasteiger partial charge in [-0.25, -0.2) is 9.97 Å². The summed E-state index contributed by atoms with van der Waals surface area (Å²) in [6.45, 7) is 2.05. The van der Waals surface area contributed by atoms with Crippen LogP contribution in [0, 0.1) is 0 Å². The lowest BCUT2D eigenvalue weighted by Gasteiger charge is -2.16. The number of rotatable bonds is 4. The van der Waals surface area contributed by atoms with Gasteiger partial charge in [0, 0.05) is 5.56 Å². The number of hydrogen-bond acceptors (Lipinski definition) is 5. The zero-order chi connectivity index (χ0) is 24.8. The molecule has 190 valence electrons. The van der Waals surface area contributed by atoms with Gasteiger partial charge in [-0.2, -0.15) is 4.73 Å². The summed E-state index contributed by atoms with van der Waals surface area (Å²) < 4.78 is 1.38. The summed E-state index contributed by atoms with van der Waals surface area (Å²) in [6.07, 6.45) is 10.5. The third-order valence-corrected chi connectivity index (χ3v) is 8.33. The molecule has 0 bridgehead atoms. The highest BCUT2D eigenvalue weighted by Crippen LogP contribution is 2.36. The molecule has 0 unspecified atom stereocenters. The molecule has 1 aliphatic carbocycles. The number of hydrogen-bond donors (Lipinski definition) is 4. The maximum absolute atomic E-state index is 11.0. The van der Waals surface area contributed by atoms with Crippen molar-refractivity contribution in [1.82, 2.24) is 30.3 Å². The fraction of sp³-hybridized carbons (Fsp3) is 0.400. The quantitative estimate of drug-likeness (QED) is 0.278. The van der Waals surface area contributed by atoms with Crippen molar-refractivity contribution < 1.29 is 5.21 Å². The molecule has 2 aliphatic heterocycles. The van der Waals surface area contributed by atoms with Crippen molar-refractivity contribution in [2.75, 3.05) is 13.1 Å². The van der Waals surface area contributed by atoms with E-state index >= 15 is 0 Å². The molecule has 2 aromatic carbocycles. The Labute approximate surface area is 217 Å². The van der Waals surface area contributed by atoms with Crippen LogP contribution in [0.25, 0.3) is 33.6 Å². The largest absolute Gasteiger partial charge is 0.427 e. The third-order valence-electron chi connectivity index (χ3n) is 8.33. The second kappa shape index (κ2) is 9.47. The number of aromatic nitrogens is 4. The van der Waals surface area contributed by atoms with Crippen molar-refractivity contribution in [1.29, 1.82) is 0 Å². The molecule has 2 aromatic heterocycles. The average molecular weight is 495 g/mol. The third kappa shape index (κ3) is 4.16. The highest BCUT2D eigenvalue weighted by atomic mass is 16.5. The Kier molecular flexibility index (Phi) is 5.82. The maximum Gasteiger partial charge on any atom is 0.162 e. The van der Waals surface area contributed by atoms with E-state index in [-0.39, 0.29) is 6.04 Å². The highest BCUT2D eigenvalue weighted by Gasteiger charge is 2.28. The summed E-state index contributed by atoms with van der Waals surface area (Å²) in [4.78, 5) is 13.1. The molecule has 7 nitrogen and oxygen atoms in total. The van der Waals surface area contributed by atoms with Crippen molar-refractivity contribution in [2.24, 2.45) is 0 Å². The Morgan fingerprint density at radius 2 is 1.54 bits per heavy atom. The molecule has 3 aliphatic rings. The van der Waals surface area contributed by atoms with Gasteiger partial charge in [0.1, 0.15) is 5.82 Å². The number of aromatic amines is 1. The first-order chi connectivity index (χ1) is 18.2. The zero-order valence-electron chi connectivity index (χ0n) is 21.1. The van der Waals surface area contributed by atoms with Crippen LogP contribution in [-0.2, 0) is 12.8 Å². The molecule has 0 spiro atoms. The van der Waals surface area contributed by atoms with E-state index in [1.54, 1.807) is 0 Å². The second-order valence-electron chi connectivity index (χ2n) is 10.7. The van der Waals surface area contributed by atoms with E-state index in [1.165, 1.54) is 27.8 Å². The van der Waals surface area contributed by atoms with Gasteiger partial charge >= 0.3 is 0 Å². The van der Waals surface area contributed by atoms with Crippen molar-refractivity contribution in [3.8, 4) is 33.6 Å². The van der Waals surface area contributed by atoms with E-state index in [4.69, 9.17) is 4.98 Å². The van der Waals surface area contributed by atoms with Gasteiger partial charge in [0.15, 0.2) is 5.82 Å². The number of fused-ring (bicyclic) bond motifs is 3. The van der Waals surface area contributed by atoms with Gasteiger partial charge in [0.2, 0.25) is 0 Å². The first-order valence-corrected chi connectivity index (χ1v) is 13.8. The van der Waals surface area contributed by atoms with E-state index in [1.807, 2.05) is 6.20 Å². The Balaban J connectivity index is 1.18. The molecule has 7 heteroatoms. The lowest BCUT2D eigenvalue weighted by molar-refractivity contribution is 0.160. The molecule has 4 aromatic rings. The minimum Gasteiger partial charge on any atom is -0.427 e. The molecule has 0 saturated carbocycles. The number of nitrogens with one attached hydrogen (secondary N) is 3. The molecule has 2 saturated heterocycles. The van der Waals surface area contributed by atoms with Crippen molar-refractivity contribution in [3.63, 3.8) is 0 Å². The minimum atomic E-state index is 0.139. The lowest BCUT2D eigenvalue weighted by atomic mass is 9.90. The van der Waals surface area contributed by atoms with Crippen LogP contribution < -0.4 is 10.6 Å². The monoisotopic (exact) mass is 494 g/mol. The summed E-state index contributed by atoms with van der Waals surface area (Å²) in [5, 5.41) is 18.0. The van der Waals surface area contributed by atoms with Crippen molar-refractivity contribution in [2.45, 2.75) is 63.5 Å². The summed E-state index contributed by atoms with van der Waals surface area (Å²) in [5.41, 5.74) is 9.01. The topological polar surface area (TPSA) is 90.8 Å². The Bertz CT molecular complexity index is 1410. The van der Waals surface area contributed by atoms with Gasteiger partial charge in [-0.1, -0.05) is 42.5 Å². The fourth-order valence-corrected chi connectivity index (χ4v) is 6.28. The number of benzene rings is 2. The van der Waals surface area contributed by atoms with Gasteiger partial charge in [-0.15, -0.1) is 0 Å². The summed E-state index contributed by atoms with van der Waals surface area (Å²) >= 11 is 0. The van der Waals surface area contributed by atoms with E-state index in [2.05, 4.69) is 63.1 Å². The Morgan fingerprint density at radius 1 is 0.811 bits per heavy atom. The van der Waals surface area contributed by atoms with Crippen molar-refractivity contribution >= 4 is 0 Å². The maximum atomic E-state index is 11.0. The summed E-state index contributed by atoms with van der Waals surface area (Å²) in [5.74, 6) is 1.80. The van der Waals surface area contributed by atoms with Crippen LogP contribution in [0.4, 0.5) is 0 Å². The molecule has 4 N–H and O–H groups in total. The van der Waals surface area contributed by atoms with Crippen LogP contribution in [0.1, 0.15) is 73.5 Å². The van der Waals surface area contributed by atoms with Crippen molar-refractivity contribution in [3.05, 3.63) is 71.6 Å². The van der Waals surface area contributed by atoms with Crippen LogP contribution in [0.5, 0.6) is 0 Å². The van der Waals surface area contributed by atoms with Crippen LogP contribution in [0.2, 0.25) is 0 Å². The van der Waals surface area contributed by atoms with Crippen LogP contribution in [0.3, 0.4) is 0 Å². The predicted octanol–water partition coefficient (Wildman–Crippen LogP) is 5.57. The molecular formula is C30H34N6O. The number of imidazole rings is 2. The molecule has 0 radical (unpaired) electrons. The van der Waals surface area contributed by atoms with Gasteiger partial charge in [-0.3, -0.25) is 0 Å². The second-order valence-corrected chi connectivity index (χ2v) is 10.7. The Morgan fingerprint density at radius 3 is 2.32 bits per heavy atom. The first-order valence-electron chi connectivity index (χ1n) is 13.8. The molecule has 37 heavy (non-hydrogen) atoms. The molecule has 2 fully saturated rings. The fourth-order valence-electron chi connectivity index (χ4n) is 6.28. The Hall–Kier alpha value is -3.42. The van der Waals surface area contributed by atoms with E-state index in [0.29, 0.717) is 6.04 Å². The lowest BCUT2D eigenvalue weighted by Crippen LogP contribution is -2.18. The first kappa shape index (κ1) is 22.8. The molecule has 2 atom stereocenters. The molecule has 0 amide bonds. The molecule has 7 rings (SSSR count). The average Bonchev–Trinajstić information content (AvgIpc) is 3.73. The molecule has 4 heterocycles. The SMILES string of the molecule is On1c([C@@H]2CCCN2)nc2c1CCCCc1cc(-c3ccc(-c4cnc([C@@H]5CCCN5)[nH]4)cc3)ccc1-2. The van der Waals surface area contributed by atoms with Crippen LogP contribution >= 0.6 is 0 Å². The minimum absolute atomic E-state index is 0.139. The summed E-state index contributed by atoms with van der Waals surface area (Å²) in [7, 11) is 0.